The van der Waals surface area contributed by atoms with Crippen LogP contribution in [-0.2, 0) is 20.1 Å². The maximum Gasteiger partial charge on any atom is 0.499 e. The van der Waals surface area contributed by atoms with E-state index in [4.69, 9.17) is 0 Å². The van der Waals surface area contributed by atoms with Gasteiger partial charge in [0.25, 0.3) is 12.4 Å². The summed E-state index contributed by atoms with van der Waals surface area (Å²) in [4.78, 5) is 8.99. The van der Waals surface area contributed by atoms with Crippen LogP contribution in [0.2, 0.25) is 0 Å². The fourth-order valence-corrected chi connectivity index (χ4v) is 5.11. The van der Waals surface area contributed by atoms with Crippen LogP contribution in [0.1, 0.15) is 5.56 Å². The van der Waals surface area contributed by atoms with E-state index in [0.717, 1.165) is 50.3 Å². The molecule has 1 aliphatic heterocycles. The topological polar surface area (TPSA) is 36.7 Å². The zero-order valence-corrected chi connectivity index (χ0v) is 26.3. The van der Waals surface area contributed by atoms with Crippen molar-refractivity contribution in [3.63, 3.8) is 0 Å². The first-order valence-electron chi connectivity index (χ1n) is 14.1. The molecule has 0 aliphatic carbocycles. The molecule has 8 rings (SSSR count). The number of benzene rings is 4. The van der Waals surface area contributed by atoms with Gasteiger partial charge in [0.15, 0.2) is 0 Å². The van der Waals surface area contributed by atoms with Crippen molar-refractivity contribution >= 4 is 39.3 Å². The van der Waals surface area contributed by atoms with Crippen LogP contribution in [0.15, 0.2) is 146 Å². The van der Waals surface area contributed by atoms with E-state index in [1.54, 1.807) is 0 Å². The van der Waals surface area contributed by atoms with Crippen molar-refractivity contribution in [1.82, 2.24) is 14.5 Å². The molecule has 0 unspecified atom stereocenters. The number of rotatable bonds is 4. The van der Waals surface area contributed by atoms with Gasteiger partial charge in [-0.25, -0.2) is 4.98 Å². The number of pyridine rings is 2. The van der Waals surface area contributed by atoms with E-state index in [1.165, 1.54) is 5.56 Å². The molecule has 6 heteroatoms. The SMILES string of the molecule is C1=[N+](c2[c-]cc3c4cccnc4n(-c4ccccc4)c3c2)C=C[N+]=1c1ccccc1.Cc1ccc(-c2[c-]cccc2)nc1.[Ir]. The zero-order chi connectivity index (χ0) is 29.0. The van der Waals surface area contributed by atoms with Gasteiger partial charge in [0.05, 0.1) is 0 Å². The van der Waals surface area contributed by atoms with Gasteiger partial charge in [0, 0.05) is 50.3 Å². The number of hydrogen-bond donors (Lipinski definition) is 0. The predicted octanol–water partition coefficient (Wildman–Crippen LogP) is 8.48. The Bertz CT molecular complexity index is 2140. The third kappa shape index (κ3) is 5.83. The van der Waals surface area contributed by atoms with Gasteiger partial charge < -0.3 is 9.55 Å². The Hall–Kier alpha value is -5.25. The van der Waals surface area contributed by atoms with Crippen molar-refractivity contribution in [1.29, 1.82) is 0 Å². The number of fused-ring (bicyclic) bond motifs is 3. The molecule has 0 spiro atoms. The molecule has 0 N–H and O–H groups in total. The Labute approximate surface area is 269 Å². The molecule has 4 heterocycles. The molecule has 1 aliphatic rings. The van der Waals surface area contributed by atoms with Crippen molar-refractivity contribution in [3.8, 4) is 16.9 Å². The van der Waals surface area contributed by atoms with Crippen LogP contribution in [-0.4, -0.2) is 29.7 Å². The Morgan fingerprint density at radius 1 is 0.727 bits per heavy atom. The van der Waals surface area contributed by atoms with Crippen molar-refractivity contribution in [2.75, 3.05) is 0 Å². The molecule has 0 atom stereocenters. The number of aryl methyl sites for hydroxylation is 1. The zero-order valence-electron chi connectivity index (χ0n) is 23.9. The van der Waals surface area contributed by atoms with Crippen molar-refractivity contribution < 1.29 is 29.3 Å². The summed E-state index contributed by atoms with van der Waals surface area (Å²) < 4.78 is 6.15. The molecular formula is C38H27IrN5. The van der Waals surface area contributed by atoms with Gasteiger partial charge in [0.2, 0.25) is 5.69 Å². The van der Waals surface area contributed by atoms with E-state index in [2.05, 4.69) is 93.3 Å². The standard InChI is InChI=1S/C26H17N4.C12H10N.Ir/c1-3-8-20(9-4-1)28-16-17-29(19-28)22-13-14-23-24-12-7-15-27-26(24)30(25(23)18-22)21-10-5-2-6-11-21;1-10-7-8-12(13-9-10)11-5-3-2-4-6-11;/h1-12,14-18H;2-5,7-9H,1H3;/q+1;-1;. The summed E-state index contributed by atoms with van der Waals surface area (Å²) >= 11 is 0. The second-order valence-corrected chi connectivity index (χ2v) is 10.1. The average molecular weight is 746 g/mol. The first-order chi connectivity index (χ1) is 21.2. The van der Waals surface area contributed by atoms with E-state index in [-0.39, 0.29) is 20.1 Å². The summed E-state index contributed by atoms with van der Waals surface area (Å²) in [6.07, 6.45) is 7.71. The molecule has 7 aromatic rings. The van der Waals surface area contributed by atoms with E-state index in [0.29, 0.717) is 0 Å². The predicted molar refractivity (Wildman–Crippen MR) is 171 cm³/mol. The summed E-state index contributed by atoms with van der Waals surface area (Å²) in [5, 5.41) is 2.25. The first kappa shape index (κ1) is 28.8. The summed E-state index contributed by atoms with van der Waals surface area (Å²) in [6.45, 7) is 2.03. The Balaban J connectivity index is 0.000000207. The second-order valence-electron chi connectivity index (χ2n) is 10.1. The van der Waals surface area contributed by atoms with Gasteiger partial charge in [-0.05, 0) is 47.3 Å². The molecule has 3 aromatic heterocycles. The maximum atomic E-state index is 4.67. The summed E-state index contributed by atoms with van der Waals surface area (Å²) in [5.41, 5.74) is 8.33. The molecule has 0 fully saturated rings. The van der Waals surface area contributed by atoms with Gasteiger partial charge in [-0.3, -0.25) is 0 Å². The third-order valence-corrected chi connectivity index (χ3v) is 7.23. The minimum atomic E-state index is 0. The summed E-state index contributed by atoms with van der Waals surface area (Å²) in [6, 6.07) is 50.7. The molecule has 1 radical (unpaired) electrons. The van der Waals surface area contributed by atoms with Crippen molar-refractivity contribution in [2.45, 2.75) is 6.92 Å². The molecule has 0 amide bonds. The third-order valence-electron chi connectivity index (χ3n) is 7.23. The minimum absolute atomic E-state index is 0. The number of para-hydroxylation sites is 2. The van der Waals surface area contributed by atoms with E-state index in [9.17, 15) is 0 Å². The first-order valence-corrected chi connectivity index (χ1v) is 14.1. The molecule has 4 aromatic carbocycles. The van der Waals surface area contributed by atoms with Crippen molar-refractivity contribution in [3.05, 3.63) is 164 Å². The number of aromatic nitrogens is 3. The largest absolute Gasteiger partial charge is 0.499 e. The van der Waals surface area contributed by atoms with Crippen LogP contribution in [0.4, 0.5) is 11.4 Å². The van der Waals surface area contributed by atoms with Gasteiger partial charge in [-0.1, -0.05) is 75.2 Å². The van der Waals surface area contributed by atoms with E-state index < -0.39 is 0 Å². The second kappa shape index (κ2) is 12.9. The van der Waals surface area contributed by atoms with Crippen molar-refractivity contribution in [2.24, 2.45) is 0 Å². The van der Waals surface area contributed by atoms with Gasteiger partial charge in [-0.2, -0.15) is 6.07 Å². The molecule has 0 saturated heterocycles. The molecular weight excluding hydrogens is 719 g/mol. The van der Waals surface area contributed by atoms with Crippen LogP contribution in [0.5, 0.6) is 0 Å². The number of nitrogens with zero attached hydrogens (tertiary/aromatic N) is 5. The molecule has 0 saturated carbocycles. The van der Waals surface area contributed by atoms with Crippen LogP contribution in [0, 0.1) is 19.1 Å². The smallest absolute Gasteiger partial charge is 0.318 e. The molecule has 5 nitrogen and oxygen atoms in total. The van der Waals surface area contributed by atoms with E-state index >= 15 is 0 Å². The fourth-order valence-electron chi connectivity index (χ4n) is 5.11. The minimum Gasteiger partial charge on any atom is -0.318 e. The average Bonchev–Trinajstić information content (AvgIpc) is 3.70. The molecule has 213 valence electrons. The van der Waals surface area contributed by atoms with Crippen LogP contribution < -0.4 is 0 Å². The van der Waals surface area contributed by atoms with Gasteiger partial charge >= 0.3 is 6.01 Å². The number of hydrogen-bond acceptors (Lipinski definition) is 2. The van der Waals surface area contributed by atoms with Crippen LogP contribution in [0.3, 0.4) is 0 Å². The Morgan fingerprint density at radius 2 is 1.50 bits per heavy atom. The Kier molecular flexibility index (Phi) is 8.49. The maximum absolute atomic E-state index is 4.67. The quantitative estimate of drug-likeness (QED) is 0.134. The summed E-state index contributed by atoms with van der Waals surface area (Å²) in [7, 11) is 0. The Morgan fingerprint density at radius 3 is 2.25 bits per heavy atom. The fraction of sp³-hybridized carbons (Fsp3) is 0.0263. The normalized spacial score (nSPS) is 11.8. The molecule has 44 heavy (non-hydrogen) atoms. The van der Waals surface area contributed by atoms with Gasteiger partial charge in [0.1, 0.15) is 11.3 Å². The summed E-state index contributed by atoms with van der Waals surface area (Å²) in [5.74, 6) is 0. The van der Waals surface area contributed by atoms with E-state index in [1.807, 2.05) is 102 Å². The molecule has 0 bridgehead atoms. The van der Waals surface area contributed by atoms with Crippen LogP contribution in [0.25, 0.3) is 38.9 Å². The van der Waals surface area contributed by atoms with Crippen LogP contribution >= 0.6 is 0 Å². The van der Waals surface area contributed by atoms with Gasteiger partial charge in [-0.15, -0.1) is 42.0 Å². The monoisotopic (exact) mass is 746 g/mol.